The maximum Gasteiger partial charge on any atom is 0.192 e. The Morgan fingerprint density at radius 3 is 0.969 bits per heavy atom. The van der Waals surface area contributed by atoms with E-state index in [1.54, 1.807) is 0 Å². The molecule has 0 saturated carbocycles. The van der Waals surface area contributed by atoms with Gasteiger partial charge in [-0.15, -0.1) is 0 Å². The molecule has 0 amide bonds. The molecule has 0 unspecified atom stereocenters. The van der Waals surface area contributed by atoms with Crippen LogP contribution in [0.4, 0.5) is 0 Å². The average Bonchev–Trinajstić information content (AvgIpc) is 2.73. The second-order valence-corrected chi connectivity index (χ2v) is 13.4. The zero-order valence-electron chi connectivity index (χ0n) is 21.0. The van der Waals surface area contributed by atoms with Crippen molar-refractivity contribution >= 4 is 8.32 Å². The molecule has 194 valence electrons. The molecule has 0 rings (SSSR count). The highest BCUT2D eigenvalue weighted by atomic mass is 28.4. The van der Waals surface area contributed by atoms with E-state index in [2.05, 4.69) is 33.9 Å². The van der Waals surface area contributed by atoms with Crippen LogP contribution in [0.15, 0.2) is 0 Å². The van der Waals surface area contributed by atoms with Gasteiger partial charge in [-0.3, -0.25) is 0 Å². The summed E-state index contributed by atoms with van der Waals surface area (Å²) >= 11 is 0. The van der Waals surface area contributed by atoms with Crippen molar-refractivity contribution in [3.63, 3.8) is 0 Å². The normalized spacial score (nSPS) is 12.6. The molecule has 0 aliphatic heterocycles. The summed E-state index contributed by atoms with van der Waals surface area (Å²) in [5, 5.41) is 8.77. The Balaban J connectivity index is 3.15. The Labute approximate surface area is 196 Å². The molecule has 0 aromatic carbocycles. The van der Waals surface area contributed by atoms with Crippen LogP contribution in [-0.4, -0.2) is 119 Å². The first-order chi connectivity index (χ1) is 15.3. The van der Waals surface area contributed by atoms with E-state index in [0.29, 0.717) is 99.1 Å². The van der Waals surface area contributed by atoms with Crippen molar-refractivity contribution in [2.24, 2.45) is 0 Å². The fourth-order valence-electron chi connectivity index (χ4n) is 2.06. The van der Waals surface area contributed by atoms with E-state index in [-0.39, 0.29) is 11.6 Å². The van der Waals surface area contributed by atoms with Crippen molar-refractivity contribution in [2.45, 2.75) is 38.9 Å². The molecule has 9 nitrogen and oxygen atoms in total. The minimum Gasteiger partial charge on any atom is -0.414 e. The highest BCUT2D eigenvalue weighted by Crippen LogP contribution is 2.36. The summed E-state index contributed by atoms with van der Waals surface area (Å²) in [5.74, 6) is 0. The van der Waals surface area contributed by atoms with Gasteiger partial charge in [0.05, 0.1) is 106 Å². The topological polar surface area (TPSA) is 94.1 Å². The van der Waals surface area contributed by atoms with Gasteiger partial charge in [0.2, 0.25) is 0 Å². The van der Waals surface area contributed by atoms with Crippen molar-refractivity contribution in [3.8, 4) is 0 Å². The molecule has 0 bridgehead atoms. The van der Waals surface area contributed by atoms with E-state index in [0.717, 1.165) is 0 Å². The van der Waals surface area contributed by atoms with Crippen LogP contribution in [-0.2, 0) is 37.6 Å². The second-order valence-electron chi connectivity index (χ2n) is 8.62. The third-order valence-electron chi connectivity index (χ3n) is 4.96. The first-order valence-electron chi connectivity index (χ1n) is 11.6. The summed E-state index contributed by atoms with van der Waals surface area (Å²) in [5.41, 5.74) is 0. The van der Waals surface area contributed by atoms with Gasteiger partial charge in [0.25, 0.3) is 0 Å². The van der Waals surface area contributed by atoms with Crippen LogP contribution in [0.25, 0.3) is 0 Å². The van der Waals surface area contributed by atoms with Crippen LogP contribution in [0, 0.1) is 0 Å². The van der Waals surface area contributed by atoms with Gasteiger partial charge >= 0.3 is 0 Å². The first-order valence-corrected chi connectivity index (χ1v) is 14.5. The average molecular weight is 485 g/mol. The summed E-state index contributed by atoms with van der Waals surface area (Å²) in [6.07, 6.45) is 0. The Morgan fingerprint density at radius 1 is 0.469 bits per heavy atom. The van der Waals surface area contributed by atoms with E-state index in [9.17, 15) is 0 Å². The maximum absolute atomic E-state index is 8.55. The molecule has 0 atom stereocenters. The zero-order valence-corrected chi connectivity index (χ0v) is 22.0. The van der Waals surface area contributed by atoms with Crippen LogP contribution in [0.1, 0.15) is 20.8 Å². The largest absolute Gasteiger partial charge is 0.414 e. The molecule has 0 fully saturated rings. The van der Waals surface area contributed by atoms with E-state index in [1.807, 2.05) is 0 Å². The first kappa shape index (κ1) is 31.9. The van der Waals surface area contributed by atoms with Gasteiger partial charge in [-0.2, -0.15) is 0 Å². The van der Waals surface area contributed by atoms with Crippen molar-refractivity contribution in [2.75, 3.05) is 106 Å². The molecule has 32 heavy (non-hydrogen) atoms. The zero-order chi connectivity index (χ0) is 24.0. The Bertz CT molecular complexity index is 392. The Hall–Kier alpha value is -0.143. The molecule has 0 aromatic rings. The number of hydrogen-bond acceptors (Lipinski definition) is 9. The quantitative estimate of drug-likeness (QED) is 0.163. The summed E-state index contributed by atoms with van der Waals surface area (Å²) in [4.78, 5) is 0. The molecule has 0 saturated heterocycles. The van der Waals surface area contributed by atoms with Gasteiger partial charge in [0.1, 0.15) is 0 Å². The smallest absolute Gasteiger partial charge is 0.192 e. The number of aliphatic hydroxyl groups is 1. The predicted molar refractivity (Wildman–Crippen MR) is 126 cm³/mol. The minimum absolute atomic E-state index is 0.0337. The molecule has 0 heterocycles. The lowest BCUT2D eigenvalue weighted by molar-refractivity contribution is -0.0222. The van der Waals surface area contributed by atoms with Crippen molar-refractivity contribution in [1.82, 2.24) is 0 Å². The molecule has 0 aliphatic carbocycles. The number of hydrogen-bond donors (Lipinski definition) is 1. The van der Waals surface area contributed by atoms with E-state index >= 15 is 0 Å². The fourth-order valence-corrected chi connectivity index (χ4v) is 3.09. The Morgan fingerprint density at radius 2 is 0.719 bits per heavy atom. The van der Waals surface area contributed by atoms with Crippen LogP contribution in [0.3, 0.4) is 0 Å². The SMILES string of the molecule is CC(C)(C)[Si](C)(C)OCCOCCOCCOCCOCCOCCOCCOCCO. The monoisotopic (exact) mass is 484 g/mol. The molecule has 1 N–H and O–H groups in total. The summed E-state index contributed by atoms with van der Waals surface area (Å²) in [6.45, 7) is 19.1. The van der Waals surface area contributed by atoms with Gasteiger partial charge in [0.15, 0.2) is 8.32 Å². The van der Waals surface area contributed by atoms with Crippen LogP contribution in [0.2, 0.25) is 18.1 Å². The maximum atomic E-state index is 8.55. The Kier molecular flexibility index (Phi) is 21.3. The van der Waals surface area contributed by atoms with Crippen LogP contribution < -0.4 is 0 Å². The third kappa shape index (κ3) is 20.5. The fraction of sp³-hybridized carbons (Fsp3) is 1.00. The number of rotatable bonds is 24. The van der Waals surface area contributed by atoms with Gasteiger partial charge < -0.3 is 42.7 Å². The lowest BCUT2D eigenvalue weighted by Gasteiger charge is -2.36. The summed E-state index contributed by atoms with van der Waals surface area (Å²) < 4.78 is 43.7. The van der Waals surface area contributed by atoms with Crippen molar-refractivity contribution in [3.05, 3.63) is 0 Å². The van der Waals surface area contributed by atoms with E-state index < -0.39 is 8.32 Å². The van der Waals surface area contributed by atoms with Gasteiger partial charge in [0, 0.05) is 0 Å². The standard InChI is InChI=1S/C22H48O9Si/c1-22(2,3)32(4,5)31-21-20-30-19-18-29-17-16-28-15-14-27-13-12-26-11-10-25-9-8-24-7-6-23/h23H,6-21H2,1-5H3. The van der Waals surface area contributed by atoms with Crippen LogP contribution in [0.5, 0.6) is 0 Å². The van der Waals surface area contributed by atoms with Gasteiger partial charge in [-0.05, 0) is 18.1 Å². The second kappa shape index (κ2) is 21.4. The molecular formula is C22H48O9Si. The molecule has 10 heteroatoms. The van der Waals surface area contributed by atoms with E-state index in [1.165, 1.54) is 0 Å². The minimum atomic E-state index is -1.68. The highest BCUT2D eigenvalue weighted by molar-refractivity contribution is 6.74. The van der Waals surface area contributed by atoms with Crippen molar-refractivity contribution < 1.29 is 42.7 Å². The third-order valence-corrected chi connectivity index (χ3v) is 9.50. The summed E-state index contributed by atoms with van der Waals surface area (Å²) in [6, 6.07) is 0. The molecular weight excluding hydrogens is 436 g/mol. The molecule has 0 spiro atoms. The van der Waals surface area contributed by atoms with Gasteiger partial charge in [-0.1, -0.05) is 20.8 Å². The van der Waals surface area contributed by atoms with E-state index in [4.69, 9.17) is 42.7 Å². The molecule has 0 aliphatic rings. The van der Waals surface area contributed by atoms with Crippen LogP contribution >= 0.6 is 0 Å². The van der Waals surface area contributed by atoms with Gasteiger partial charge in [-0.25, -0.2) is 0 Å². The summed E-state index contributed by atoms with van der Waals surface area (Å²) in [7, 11) is -1.68. The highest BCUT2D eigenvalue weighted by Gasteiger charge is 2.36. The lowest BCUT2D eigenvalue weighted by atomic mass is 10.2. The number of ether oxygens (including phenoxy) is 7. The molecule has 0 aromatic heterocycles. The lowest BCUT2D eigenvalue weighted by Crippen LogP contribution is -2.41. The van der Waals surface area contributed by atoms with Crippen molar-refractivity contribution in [1.29, 1.82) is 0 Å². The number of aliphatic hydroxyl groups excluding tert-OH is 1. The predicted octanol–water partition coefficient (Wildman–Crippen LogP) is 2.12. The molecule has 0 radical (unpaired) electrons.